The van der Waals surface area contributed by atoms with Crippen LogP contribution in [-0.2, 0) is 14.0 Å². The zero-order valence-corrected chi connectivity index (χ0v) is 23.7. The van der Waals surface area contributed by atoms with E-state index in [9.17, 15) is 4.79 Å². The SMILES string of the molecule is COC(=O)CC[C@@H](C)[C@H]1CC[C@H]2[C@@H]3C(O[Si](C)(C)C)=C[C@@H]4C[C@H](C)CC[C@]4(C)[C@H]3CC[C@]12C. The molecule has 0 aromatic carbocycles. The van der Waals surface area contributed by atoms with Gasteiger partial charge in [0.1, 0.15) is 0 Å². The van der Waals surface area contributed by atoms with E-state index < -0.39 is 8.32 Å². The van der Waals surface area contributed by atoms with Crippen molar-refractivity contribution in [3.8, 4) is 0 Å². The first kappa shape index (κ1) is 25.3. The molecule has 0 N–H and O–H groups in total. The summed E-state index contributed by atoms with van der Waals surface area (Å²) in [4.78, 5) is 11.8. The van der Waals surface area contributed by atoms with Gasteiger partial charge in [0, 0.05) is 12.3 Å². The largest absolute Gasteiger partial charge is 0.547 e. The van der Waals surface area contributed by atoms with E-state index >= 15 is 0 Å². The van der Waals surface area contributed by atoms with E-state index in [1.165, 1.54) is 57.8 Å². The summed E-state index contributed by atoms with van der Waals surface area (Å²) < 4.78 is 11.9. The molecule has 0 unspecified atom stereocenters. The predicted molar refractivity (Wildman–Crippen MR) is 138 cm³/mol. The van der Waals surface area contributed by atoms with Gasteiger partial charge in [-0.15, -0.1) is 0 Å². The second-order valence-corrected chi connectivity index (χ2v) is 18.3. The first-order valence-corrected chi connectivity index (χ1v) is 17.3. The molecular weight excluding hydrogens is 424 g/mol. The number of rotatable bonds is 6. The lowest BCUT2D eigenvalue weighted by molar-refractivity contribution is -0.141. The molecule has 0 amide bonds. The lowest BCUT2D eigenvalue weighted by atomic mass is 9.45. The number of carbonyl (C=O) groups is 1. The van der Waals surface area contributed by atoms with Crippen LogP contribution in [0.25, 0.3) is 0 Å². The molecule has 4 rings (SSSR count). The number of ether oxygens (including phenoxy) is 1. The summed E-state index contributed by atoms with van der Waals surface area (Å²) in [6, 6.07) is 0. The second-order valence-electron chi connectivity index (χ2n) is 13.8. The molecule has 0 aromatic heterocycles. The molecule has 33 heavy (non-hydrogen) atoms. The van der Waals surface area contributed by atoms with E-state index in [0.29, 0.717) is 40.9 Å². The minimum Gasteiger partial charge on any atom is -0.547 e. The van der Waals surface area contributed by atoms with Crippen LogP contribution in [0.2, 0.25) is 19.6 Å². The fourth-order valence-electron chi connectivity index (χ4n) is 8.95. The highest BCUT2D eigenvalue weighted by atomic mass is 28.4. The smallest absolute Gasteiger partial charge is 0.305 e. The molecule has 0 saturated heterocycles. The van der Waals surface area contributed by atoms with Crippen LogP contribution in [-0.4, -0.2) is 21.4 Å². The van der Waals surface area contributed by atoms with Crippen LogP contribution in [0.1, 0.15) is 85.5 Å². The third kappa shape index (κ3) is 4.59. The number of fused-ring (bicyclic) bond motifs is 5. The molecule has 0 aromatic rings. The molecular formula is C29H50O3Si. The molecule has 9 atom stereocenters. The number of hydrogen-bond acceptors (Lipinski definition) is 3. The summed E-state index contributed by atoms with van der Waals surface area (Å²) >= 11 is 0. The quantitative estimate of drug-likeness (QED) is 0.291. The molecule has 0 spiro atoms. The second kappa shape index (κ2) is 9.02. The van der Waals surface area contributed by atoms with Crippen molar-refractivity contribution >= 4 is 14.3 Å². The molecule has 0 heterocycles. The van der Waals surface area contributed by atoms with E-state index in [1.54, 1.807) is 0 Å². The van der Waals surface area contributed by atoms with Gasteiger partial charge in [-0.25, -0.2) is 0 Å². The molecule has 4 aliphatic carbocycles. The Balaban J connectivity index is 1.64. The Morgan fingerprint density at radius 2 is 1.76 bits per heavy atom. The molecule has 4 aliphatic rings. The van der Waals surface area contributed by atoms with Crippen LogP contribution in [0.5, 0.6) is 0 Å². The van der Waals surface area contributed by atoms with Crippen LogP contribution in [0, 0.1) is 52.3 Å². The maximum Gasteiger partial charge on any atom is 0.305 e. The van der Waals surface area contributed by atoms with Gasteiger partial charge < -0.3 is 9.16 Å². The zero-order valence-electron chi connectivity index (χ0n) is 22.7. The maximum atomic E-state index is 11.8. The van der Waals surface area contributed by atoms with E-state index in [4.69, 9.17) is 9.16 Å². The van der Waals surface area contributed by atoms with Crippen molar-refractivity contribution in [3.05, 3.63) is 11.8 Å². The maximum absolute atomic E-state index is 11.8. The fourth-order valence-corrected chi connectivity index (χ4v) is 9.86. The first-order valence-electron chi connectivity index (χ1n) is 13.9. The Morgan fingerprint density at radius 3 is 2.42 bits per heavy atom. The number of allylic oxidation sites excluding steroid dienone is 2. The molecule has 0 bridgehead atoms. The normalized spacial score (nSPS) is 43.6. The number of carbonyl (C=O) groups excluding carboxylic acids is 1. The summed E-state index contributed by atoms with van der Waals surface area (Å²) in [5, 5.41) is 0. The van der Waals surface area contributed by atoms with Crippen LogP contribution in [0.4, 0.5) is 0 Å². The zero-order chi connectivity index (χ0) is 24.2. The minimum absolute atomic E-state index is 0.0585. The van der Waals surface area contributed by atoms with Gasteiger partial charge in [0.25, 0.3) is 0 Å². The van der Waals surface area contributed by atoms with Gasteiger partial charge in [-0.2, -0.15) is 0 Å². The molecule has 3 nitrogen and oxygen atoms in total. The Bertz CT molecular complexity index is 769. The molecule has 188 valence electrons. The lowest BCUT2D eigenvalue weighted by Gasteiger charge is -2.60. The van der Waals surface area contributed by atoms with Crippen LogP contribution in [0.3, 0.4) is 0 Å². The van der Waals surface area contributed by atoms with Crippen molar-refractivity contribution in [1.82, 2.24) is 0 Å². The van der Waals surface area contributed by atoms with Gasteiger partial charge in [0.05, 0.1) is 12.9 Å². The average molecular weight is 475 g/mol. The summed E-state index contributed by atoms with van der Waals surface area (Å²) in [6.07, 6.45) is 13.6. The standard InChI is InChI=1S/C29H50O3Si/c1-19-13-15-28(3)21(17-19)18-25(32-33(6,7)8)27-23-11-10-22(20(2)9-12-26(30)31-5)29(23,4)16-14-24(27)28/h18-24,27H,9-17H2,1-8H3/t19-,20-,21+,22-,23+,24+,27+,28+,29-/m1/s1. The summed E-state index contributed by atoms with van der Waals surface area (Å²) in [5.74, 6) is 6.24. The Morgan fingerprint density at radius 1 is 1.09 bits per heavy atom. The van der Waals surface area contributed by atoms with Gasteiger partial charge in [0.2, 0.25) is 8.32 Å². The van der Waals surface area contributed by atoms with Gasteiger partial charge in [-0.05, 0) is 117 Å². The fraction of sp³-hybridized carbons (Fsp3) is 0.897. The summed E-state index contributed by atoms with van der Waals surface area (Å²) in [6.45, 7) is 17.1. The number of hydrogen-bond donors (Lipinski definition) is 0. The lowest BCUT2D eigenvalue weighted by Crippen LogP contribution is -2.54. The van der Waals surface area contributed by atoms with Crippen molar-refractivity contribution < 1.29 is 14.0 Å². The van der Waals surface area contributed by atoms with Gasteiger partial charge in [-0.1, -0.05) is 34.1 Å². The molecule has 3 fully saturated rings. The highest BCUT2D eigenvalue weighted by Crippen LogP contribution is 2.68. The predicted octanol–water partition coefficient (Wildman–Crippen LogP) is 7.83. The van der Waals surface area contributed by atoms with E-state index in [-0.39, 0.29) is 5.97 Å². The van der Waals surface area contributed by atoms with Crippen LogP contribution >= 0.6 is 0 Å². The van der Waals surface area contributed by atoms with Crippen molar-refractivity contribution in [2.45, 2.75) is 105 Å². The third-order valence-electron chi connectivity index (χ3n) is 10.7. The molecule has 0 aliphatic heterocycles. The molecule has 4 heteroatoms. The highest BCUT2D eigenvalue weighted by Gasteiger charge is 2.61. The van der Waals surface area contributed by atoms with Gasteiger partial charge in [-0.3, -0.25) is 4.79 Å². The van der Waals surface area contributed by atoms with E-state index in [0.717, 1.165) is 24.2 Å². The molecule has 0 radical (unpaired) electrons. The summed E-state index contributed by atoms with van der Waals surface area (Å²) in [5.41, 5.74) is 0.809. The van der Waals surface area contributed by atoms with E-state index in [1.807, 2.05) is 0 Å². The van der Waals surface area contributed by atoms with Crippen molar-refractivity contribution in [2.75, 3.05) is 7.11 Å². The van der Waals surface area contributed by atoms with Crippen molar-refractivity contribution in [1.29, 1.82) is 0 Å². The van der Waals surface area contributed by atoms with Crippen LogP contribution in [0.15, 0.2) is 11.8 Å². The topological polar surface area (TPSA) is 35.5 Å². The van der Waals surface area contributed by atoms with Crippen molar-refractivity contribution in [2.24, 2.45) is 52.3 Å². The minimum atomic E-state index is -1.68. The Labute approximate surface area is 204 Å². The van der Waals surface area contributed by atoms with E-state index in [2.05, 4.69) is 53.4 Å². The first-order chi connectivity index (χ1) is 15.4. The monoisotopic (exact) mass is 474 g/mol. The van der Waals surface area contributed by atoms with Gasteiger partial charge in [0.15, 0.2) is 0 Å². The average Bonchev–Trinajstić information content (AvgIpc) is 3.09. The third-order valence-corrected chi connectivity index (χ3v) is 11.6. The highest BCUT2D eigenvalue weighted by molar-refractivity contribution is 6.70. The summed E-state index contributed by atoms with van der Waals surface area (Å²) in [7, 11) is -0.165. The Kier molecular flexibility index (Phi) is 6.93. The Hall–Kier alpha value is -0.773. The number of esters is 1. The number of methoxy groups -OCH3 is 1. The van der Waals surface area contributed by atoms with Crippen LogP contribution < -0.4 is 0 Å². The molecule has 3 saturated carbocycles. The van der Waals surface area contributed by atoms with Gasteiger partial charge >= 0.3 is 5.97 Å². The van der Waals surface area contributed by atoms with Crippen molar-refractivity contribution in [3.63, 3.8) is 0 Å².